The molecule has 2 rings (SSSR count). The average molecular weight is 328 g/mol. The number of hydrogen-bond acceptors (Lipinski definition) is 4. The molecular weight excluding hydrogens is 308 g/mol. The molecule has 2 aromatic rings. The third-order valence-corrected chi connectivity index (χ3v) is 5.50. The van der Waals surface area contributed by atoms with Crippen LogP contribution in [0.3, 0.4) is 0 Å². The normalized spacial score (nSPS) is 12.0. The lowest BCUT2D eigenvalue weighted by Gasteiger charge is -2.04. The molecule has 0 aliphatic heterocycles. The van der Waals surface area contributed by atoms with Gasteiger partial charge >= 0.3 is 0 Å². The van der Waals surface area contributed by atoms with E-state index in [1.165, 1.54) is 6.07 Å². The van der Waals surface area contributed by atoms with Crippen LogP contribution in [0.5, 0.6) is 0 Å². The van der Waals surface area contributed by atoms with Crippen LogP contribution in [0.1, 0.15) is 28.8 Å². The molecule has 0 spiro atoms. The highest BCUT2D eigenvalue weighted by molar-refractivity contribution is 7.89. The third kappa shape index (κ3) is 3.94. The number of thiophene rings is 1. The summed E-state index contributed by atoms with van der Waals surface area (Å²) in [6, 6.07) is 5.41. The van der Waals surface area contributed by atoms with E-state index < -0.39 is 10.0 Å². The SMILES string of the molecule is CCCn1cc(S(=O)(=O)NCc2ccc(C)s2)cc1CO. The summed E-state index contributed by atoms with van der Waals surface area (Å²) < 4.78 is 29.0. The predicted molar refractivity (Wildman–Crippen MR) is 83.7 cm³/mol. The number of hydrogen-bond donors (Lipinski definition) is 2. The van der Waals surface area contributed by atoms with Crippen molar-refractivity contribution in [2.75, 3.05) is 0 Å². The topological polar surface area (TPSA) is 71.3 Å². The summed E-state index contributed by atoms with van der Waals surface area (Å²) in [6.45, 7) is 4.80. The average Bonchev–Trinajstić information content (AvgIpc) is 3.04. The number of nitrogens with zero attached hydrogens (tertiary/aromatic N) is 1. The molecule has 0 aliphatic carbocycles. The van der Waals surface area contributed by atoms with Gasteiger partial charge in [-0.1, -0.05) is 6.92 Å². The second-order valence-corrected chi connectivity index (χ2v) is 7.99. The van der Waals surface area contributed by atoms with Crippen molar-refractivity contribution in [2.45, 2.75) is 44.9 Å². The van der Waals surface area contributed by atoms with Gasteiger partial charge in [-0.05, 0) is 31.5 Å². The highest BCUT2D eigenvalue weighted by Gasteiger charge is 2.18. The van der Waals surface area contributed by atoms with Crippen LogP contribution in [0, 0.1) is 6.92 Å². The Morgan fingerprint density at radius 3 is 2.71 bits per heavy atom. The van der Waals surface area contributed by atoms with Gasteiger partial charge in [-0.3, -0.25) is 0 Å². The zero-order valence-electron chi connectivity index (χ0n) is 12.2. The molecule has 2 N–H and O–H groups in total. The predicted octanol–water partition coefficient (Wildman–Crippen LogP) is 2.24. The first-order valence-corrected chi connectivity index (χ1v) is 9.11. The smallest absolute Gasteiger partial charge is 0.242 e. The molecule has 21 heavy (non-hydrogen) atoms. The Morgan fingerprint density at radius 1 is 1.38 bits per heavy atom. The lowest BCUT2D eigenvalue weighted by molar-refractivity contribution is 0.270. The minimum atomic E-state index is -3.55. The minimum absolute atomic E-state index is 0.167. The standard InChI is InChI=1S/C14H20N2O3S2/c1-3-6-16-9-14(7-12(16)10-17)21(18,19)15-8-13-5-4-11(2)20-13/h4-5,7,9,15,17H,3,6,8,10H2,1-2H3. The molecule has 0 aromatic carbocycles. The van der Waals surface area contributed by atoms with Crippen LogP contribution in [0.4, 0.5) is 0 Å². The Bertz CT molecular complexity index is 702. The zero-order valence-corrected chi connectivity index (χ0v) is 13.8. The number of aliphatic hydroxyl groups excluding tert-OH is 1. The molecule has 0 saturated heterocycles. The van der Waals surface area contributed by atoms with Gasteiger partial charge in [-0.2, -0.15) is 0 Å². The van der Waals surface area contributed by atoms with Gasteiger partial charge in [-0.25, -0.2) is 13.1 Å². The Hall–Kier alpha value is -1.15. The Morgan fingerprint density at radius 2 is 2.14 bits per heavy atom. The van der Waals surface area contributed by atoms with E-state index >= 15 is 0 Å². The van der Waals surface area contributed by atoms with E-state index in [1.54, 1.807) is 22.1 Å². The first kappa shape index (κ1) is 16.2. The molecule has 2 aromatic heterocycles. The highest BCUT2D eigenvalue weighted by atomic mass is 32.2. The van der Waals surface area contributed by atoms with Gasteiger partial charge in [0.2, 0.25) is 10.0 Å². The minimum Gasteiger partial charge on any atom is -0.390 e. The van der Waals surface area contributed by atoms with Crippen molar-refractivity contribution in [3.63, 3.8) is 0 Å². The van der Waals surface area contributed by atoms with Crippen LogP contribution >= 0.6 is 11.3 Å². The molecule has 0 bridgehead atoms. The molecule has 7 heteroatoms. The van der Waals surface area contributed by atoms with Gasteiger partial charge in [0.25, 0.3) is 0 Å². The van der Waals surface area contributed by atoms with Crippen molar-refractivity contribution in [3.8, 4) is 0 Å². The number of aromatic nitrogens is 1. The van der Waals surface area contributed by atoms with E-state index in [4.69, 9.17) is 0 Å². The molecule has 0 atom stereocenters. The lowest BCUT2D eigenvalue weighted by Crippen LogP contribution is -2.22. The maximum absolute atomic E-state index is 12.3. The van der Waals surface area contributed by atoms with Crippen LogP contribution in [-0.4, -0.2) is 18.1 Å². The van der Waals surface area contributed by atoms with Crippen molar-refractivity contribution in [3.05, 3.63) is 39.8 Å². The van der Waals surface area contributed by atoms with Gasteiger partial charge in [0, 0.05) is 34.7 Å². The number of aryl methyl sites for hydroxylation is 2. The van der Waals surface area contributed by atoms with Crippen molar-refractivity contribution < 1.29 is 13.5 Å². The summed E-state index contributed by atoms with van der Waals surface area (Å²) in [5.41, 5.74) is 0.615. The number of aliphatic hydroxyl groups is 1. The first-order chi connectivity index (χ1) is 9.96. The lowest BCUT2D eigenvalue weighted by atomic mass is 10.4. The summed E-state index contributed by atoms with van der Waals surface area (Å²) in [7, 11) is -3.55. The third-order valence-electron chi connectivity index (χ3n) is 3.13. The highest BCUT2D eigenvalue weighted by Crippen LogP contribution is 2.18. The summed E-state index contributed by atoms with van der Waals surface area (Å²) in [5.74, 6) is 0. The van der Waals surface area contributed by atoms with E-state index in [9.17, 15) is 13.5 Å². The molecule has 0 aliphatic rings. The van der Waals surface area contributed by atoms with Crippen molar-refractivity contribution in [1.82, 2.24) is 9.29 Å². The quantitative estimate of drug-likeness (QED) is 0.819. The molecule has 0 saturated carbocycles. The van der Waals surface area contributed by atoms with Gasteiger partial charge in [0.15, 0.2) is 0 Å². The van der Waals surface area contributed by atoms with Crippen molar-refractivity contribution in [1.29, 1.82) is 0 Å². The van der Waals surface area contributed by atoms with E-state index in [2.05, 4.69) is 4.72 Å². The molecule has 0 radical (unpaired) electrons. The number of rotatable bonds is 7. The summed E-state index contributed by atoms with van der Waals surface area (Å²) in [5, 5.41) is 9.30. The van der Waals surface area contributed by atoms with E-state index in [0.717, 1.165) is 16.2 Å². The van der Waals surface area contributed by atoms with Gasteiger partial charge in [0.05, 0.1) is 11.5 Å². The molecular formula is C14H20N2O3S2. The fourth-order valence-electron chi connectivity index (χ4n) is 2.08. The second-order valence-electron chi connectivity index (χ2n) is 4.86. The number of nitrogens with one attached hydrogen (secondary N) is 1. The first-order valence-electron chi connectivity index (χ1n) is 6.81. The van der Waals surface area contributed by atoms with Crippen molar-refractivity contribution in [2.24, 2.45) is 0 Å². The van der Waals surface area contributed by atoms with Gasteiger partial charge < -0.3 is 9.67 Å². The Balaban J connectivity index is 2.15. The van der Waals surface area contributed by atoms with E-state index in [-0.39, 0.29) is 18.0 Å². The molecule has 5 nitrogen and oxygen atoms in total. The van der Waals surface area contributed by atoms with Crippen LogP contribution in [0.2, 0.25) is 0 Å². The fourth-order valence-corrected chi connectivity index (χ4v) is 4.07. The molecule has 116 valence electrons. The van der Waals surface area contributed by atoms with Crippen LogP contribution in [0.25, 0.3) is 0 Å². The maximum atomic E-state index is 12.3. The van der Waals surface area contributed by atoms with Crippen LogP contribution in [0.15, 0.2) is 29.3 Å². The zero-order chi connectivity index (χ0) is 15.5. The largest absolute Gasteiger partial charge is 0.390 e. The molecule has 0 amide bonds. The summed E-state index contributed by atoms with van der Waals surface area (Å²) in [6.07, 6.45) is 2.46. The van der Waals surface area contributed by atoms with Gasteiger partial charge in [-0.15, -0.1) is 11.3 Å². The monoisotopic (exact) mass is 328 g/mol. The Kier molecular flexibility index (Phi) is 5.21. The van der Waals surface area contributed by atoms with Crippen LogP contribution in [-0.2, 0) is 29.7 Å². The molecule has 0 fully saturated rings. The maximum Gasteiger partial charge on any atom is 0.242 e. The number of sulfonamides is 1. The van der Waals surface area contributed by atoms with Crippen LogP contribution < -0.4 is 4.72 Å². The van der Waals surface area contributed by atoms with Crippen molar-refractivity contribution >= 4 is 21.4 Å². The summed E-state index contributed by atoms with van der Waals surface area (Å²) in [4.78, 5) is 2.33. The summed E-state index contributed by atoms with van der Waals surface area (Å²) >= 11 is 1.57. The fraction of sp³-hybridized carbons (Fsp3) is 0.429. The van der Waals surface area contributed by atoms with Gasteiger partial charge in [0.1, 0.15) is 0 Å². The van der Waals surface area contributed by atoms with E-state index in [1.807, 2.05) is 26.0 Å². The Labute approximate surface area is 129 Å². The second kappa shape index (κ2) is 6.74. The molecule has 0 unspecified atom stereocenters. The van der Waals surface area contributed by atoms with E-state index in [0.29, 0.717) is 12.2 Å². The molecule has 2 heterocycles.